The molecule has 0 saturated heterocycles. The fourth-order valence-corrected chi connectivity index (χ4v) is 4.10. The molecule has 2 aromatic heterocycles. The molecular weight excluding hydrogens is 368 g/mol. The number of hydrogen-bond donors (Lipinski definition) is 2. The molecule has 0 fully saturated rings. The zero-order chi connectivity index (χ0) is 20.1. The molecule has 0 bridgehead atoms. The minimum Gasteiger partial charge on any atom is -0.497 e. The average molecular weight is 388 g/mol. The third kappa shape index (κ3) is 2.45. The Morgan fingerprint density at radius 2 is 1.72 bits per heavy atom. The van der Waals surface area contributed by atoms with Crippen molar-refractivity contribution in [2.45, 2.75) is 6.92 Å². The van der Waals surface area contributed by atoms with Gasteiger partial charge in [0, 0.05) is 32.6 Å². The van der Waals surface area contributed by atoms with Crippen LogP contribution in [0.1, 0.15) is 17.3 Å². The van der Waals surface area contributed by atoms with Crippen LogP contribution in [0.15, 0.2) is 42.5 Å². The van der Waals surface area contributed by atoms with Crippen LogP contribution in [0.5, 0.6) is 11.5 Å². The summed E-state index contributed by atoms with van der Waals surface area (Å²) in [5.74, 6) is 1.13. The molecule has 3 aromatic carbocycles. The number of esters is 1. The summed E-state index contributed by atoms with van der Waals surface area (Å²) in [5.41, 5.74) is 3.91. The van der Waals surface area contributed by atoms with Gasteiger partial charge in [-0.25, -0.2) is 4.79 Å². The van der Waals surface area contributed by atoms with E-state index in [4.69, 9.17) is 14.2 Å². The van der Waals surface area contributed by atoms with Crippen molar-refractivity contribution in [3.05, 3.63) is 48.0 Å². The molecule has 146 valence electrons. The normalized spacial score (nSPS) is 11.6. The fourth-order valence-electron chi connectivity index (χ4n) is 4.10. The standard InChI is InChI=1S/C23H20N2O4/c1-4-29-23(26)20-19-13-6-5-7-18(28-3)21(13)25-17(19)11-15-14-10-12(27-2)8-9-16(14)24-22(15)20/h5-11,24-25H,4H2,1-3H3. The molecule has 0 atom stereocenters. The Morgan fingerprint density at radius 1 is 0.897 bits per heavy atom. The van der Waals surface area contributed by atoms with Gasteiger partial charge in [-0.1, -0.05) is 12.1 Å². The van der Waals surface area contributed by atoms with Gasteiger partial charge >= 0.3 is 5.97 Å². The third-order valence-corrected chi connectivity index (χ3v) is 5.36. The number of carbonyl (C=O) groups is 1. The number of H-pyrrole nitrogens is 2. The first kappa shape index (κ1) is 17.4. The van der Waals surface area contributed by atoms with Crippen molar-refractivity contribution in [2.24, 2.45) is 0 Å². The number of fused-ring (bicyclic) bond motifs is 6. The predicted molar refractivity (Wildman–Crippen MR) is 114 cm³/mol. The van der Waals surface area contributed by atoms with Crippen molar-refractivity contribution in [1.29, 1.82) is 0 Å². The molecule has 0 amide bonds. The van der Waals surface area contributed by atoms with Crippen molar-refractivity contribution in [1.82, 2.24) is 9.97 Å². The minimum atomic E-state index is -0.356. The fraction of sp³-hybridized carbons (Fsp3) is 0.174. The quantitative estimate of drug-likeness (QED) is 0.418. The summed E-state index contributed by atoms with van der Waals surface area (Å²) in [7, 11) is 3.28. The lowest BCUT2D eigenvalue weighted by Gasteiger charge is -2.06. The lowest BCUT2D eigenvalue weighted by molar-refractivity contribution is 0.0531. The molecule has 6 nitrogen and oxygen atoms in total. The van der Waals surface area contributed by atoms with Crippen molar-refractivity contribution in [3.63, 3.8) is 0 Å². The number of nitrogens with one attached hydrogen (secondary N) is 2. The Morgan fingerprint density at radius 3 is 2.48 bits per heavy atom. The Balaban J connectivity index is 1.99. The largest absolute Gasteiger partial charge is 0.497 e. The van der Waals surface area contributed by atoms with E-state index in [9.17, 15) is 4.79 Å². The predicted octanol–water partition coefficient (Wildman–Crippen LogP) is 5.15. The van der Waals surface area contributed by atoms with Crippen LogP contribution in [0.4, 0.5) is 0 Å². The van der Waals surface area contributed by atoms with E-state index in [-0.39, 0.29) is 5.97 Å². The highest BCUT2D eigenvalue weighted by molar-refractivity contribution is 6.27. The summed E-state index contributed by atoms with van der Waals surface area (Å²) < 4.78 is 16.3. The second-order valence-electron chi connectivity index (χ2n) is 6.86. The molecule has 0 saturated carbocycles. The summed E-state index contributed by atoms with van der Waals surface area (Å²) in [4.78, 5) is 19.9. The molecule has 2 N–H and O–H groups in total. The number of carbonyl (C=O) groups excluding carboxylic acids is 1. The number of benzene rings is 3. The molecule has 5 rings (SSSR count). The van der Waals surface area contributed by atoms with Crippen molar-refractivity contribution in [3.8, 4) is 11.5 Å². The Hall–Kier alpha value is -3.67. The average Bonchev–Trinajstić information content (AvgIpc) is 3.29. The first-order valence-corrected chi connectivity index (χ1v) is 9.44. The zero-order valence-electron chi connectivity index (χ0n) is 16.4. The van der Waals surface area contributed by atoms with Gasteiger partial charge in [0.05, 0.1) is 37.4 Å². The highest BCUT2D eigenvalue weighted by Gasteiger charge is 2.23. The number of aromatic nitrogens is 2. The van der Waals surface area contributed by atoms with Crippen LogP contribution in [-0.4, -0.2) is 36.8 Å². The molecular formula is C23H20N2O4. The van der Waals surface area contributed by atoms with Crippen LogP contribution in [0.3, 0.4) is 0 Å². The summed E-state index contributed by atoms with van der Waals surface area (Å²) in [6, 6.07) is 13.7. The Bertz CT molecular complexity index is 1410. The van der Waals surface area contributed by atoms with Crippen molar-refractivity contribution in [2.75, 3.05) is 20.8 Å². The number of aromatic amines is 2. The maximum Gasteiger partial charge on any atom is 0.340 e. The van der Waals surface area contributed by atoms with Crippen LogP contribution >= 0.6 is 0 Å². The van der Waals surface area contributed by atoms with Gasteiger partial charge in [0.25, 0.3) is 0 Å². The van der Waals surface area contributed by atoms with Crippen LogP contribution in [0.25, 0.3) is 43.6 Å². The number of para-hydroxylation sites is 1. The van der Waals surface area contributed by atoms with Gasteiger partial charge in [-0.2, -0.15) is 0 Å². The van der Waals surface area contributed by atoms with Crippen LogP contribution in [0.2, 0.25) is 0 Å². The van der Waals surface area contributed by atoms with Gasteiger partial charge < -0.3 is 24.2 Å². The van der Waals surface area contributed by atoms with E-state index in [0.29, 0.717) is 12.2 Å². The SMILES string of the molecule is CCOC(=O)c1c2[nH]c3ccc(OC)cc3c2cc2[nH]c3c(OC)cccc3c12. The lowest BCUT2D eigenvalue weighted by atomic mass is 10.0. The molecule has 0 unspecified atom stereocenters. The highest BCUT2D eigenvalue weighted by atomic mass is 16.5. The van der Waals surface area contributed by atoms with Gasteiger partial charge in [0.2, 0.25) is 0 Å². The molecule has 5 aromatic rings. The topological polar surface area (TPSA) is 76.3 Å². The van der Waals surface area contributed by atoms with Gasteiger partial charge in [0.15, 0.2) is 0 Å². The number of hydrogen-bond acceptors (Lipinski definition) is 4. The van der Waals surface area contributed by atoms with Crippen molar-refractivity contribution >= 4 is 49.6 Å². The Kier molecular flexibility index (Phi) is 3.87. The summed E-state index contributed by atoms with van der Waals surface area (Å²) in [5, 5.41) is 3.65. The van der Waals surface area contributed by atoms with Crippen molar-refractivity contribution < 1.29 is 19.0 Å². The molecule has 0 spiro atoms. The first-order chi connectivity index (χ1) is 14.2. The summed E-state index contributed by atoms with van der Waals surface area (Å²) in [6.07, 6.45) is 0. The Labute approximate surface area is 166 Å². The van der Waals surface area contributed by atoms with Gasteiger partial charge in [-0.3, -0.25) is 0 Å². The number of rotatable bonds is 4. The van der Waals surface area contributed by atoms with E-state index >= 15 is 0 Å². The zero-order valence-corrected chi connectivity index (χ0v) is 16.4. The van der Waals surface area contributed by atoms with E-state index in [1.54, 1.807) is 14.2 Å². The molecule has 6 heteroatoms. The smallest absolute Gasteiger partial charge is 0.340 e. The van der Waals surface area contributed by atoms with E-state index in [1.165, 1.54) is 0 Å². The number of ether oxygens (including phenoxy) is 3. The molecule has 29 heavy (non-hydrogen) atoms. The molecule has 0 aliphatic rings. The first-order valence-electron chi connectivity index (χ1n) is 9.44. The molecule has 0 aliphatic carbocycles. The van der Waals surface area contributed by atoms with Gasteiger partial charge in [-0.05, 0) is 37.3 Å². The highest BCUT2D eigenvalue weighted by Crippen LogP contribution is 2.40. The molecule has 0 radical (unpaired) electrons. The summed E-state index contributed by atoms with van der Waals surface area (Å²) >= 11 is 0. The van der Waals surface area contributed by atoms with E-state index in [1.807, 2.05) is 43.3 Å². The number of methoxy groups -OCH3 is 2. The van der Waals surface area contributed by atoms with E-state index in [0.717, 1.165) is 55.1 Å². The second-order valence-corrected chi connectivity index (χ2v) is 6.86. The van der Waals surface area contributed by atoms with Gasteiger partial charge in [0.1, 0.15) is 11.5 Å². The maximum absolute atomic E-state index is 13.1. The second kappa shape index (κ2) is 6.44. The molecule has 2 heterocycles. The van der Waals surface area contributed by atoms with Crippen LogP contribution in [0, 0.1) is 0 Å². The van der Waals surface area contributed by atoms with E-state index in [2.05, 4.69) is 16.0 Å². The van der Waals surface area contributed by atoms with E-state index < -0.39 is 0 Å². The summed E-state index contributed by atoms with van der Waals surface area (Å²) in [6.45, 7) is 2.11. The van der Waals surface area contributed by atoms with Crippen LogP contribution in [-0.2, 0) is 4.74 Å². The monoisotopic (exact) mass is 388 g/mol. The van der Waals surface area contributed by atoms with Gasteiger partial charge in [-0.15, -0.1) is 0 Å². The minimum absolute atomic E-state index is 0.302. The third-order valence-electron chi connectivity index (χ3n) is 5.36. The molecule has 0 aliphatic heterocycles. The lowest BCUT2D eigenvalue weighted by Crippen LogP contribution is -2.06. The van der Waals surface area contributed by atoms with Crippen LogP contribution < -0.4 is 9.47 Å². The maximum atomic E-state index is 13.1.